The van der Waals surface area contributed by atoms with Crippen LogP contribution in [0.25, 0.3) is 21.3 Å². The average molecular weight is 413 g/mol. The van der Waals surface area contributed by atoms with E-state index in [1.165, 1.54) is 23.5 Å². The fraction of sp³-hybridized carbons (Fsp3) is 0.182. The molecule has 4 rings (SSSR count). The molecular weight excluding hydrogens is 395 g/mol. The van der Waals surface area contributed by atoms with E-state index >= 15 is 0 Å². The summed E-state index contributed by atoms with van der Waals surface area (Å²) in [5, 5.41) is 1.26. The second-order valence-electron chi connectivity index (χ2n) is 6.62. The SMILES string of the molecule is CCc1nc2sc(C)c(-c3ccc(Cl)cc3)c2c(=O)n1Cc1cccc(F)c1. The zero-order valence-corrected chi connectivity index (χ0v) is 17.1. The highest BCUT2D eigenvalue weighted by atomic mass is 35.5. The molecule has 28 heavy (non-hydrogen) atoms. The van der Waals surface area contributed by atoms with Gasteiger partial charge in [0.1, 0.15) is 16.5 Å². The van der Waals surface area contributed by atoms with E-state index in [0.29, 0.717) is 22.7 Å². The van der Waals surface area contributed by atoms with Crippen LogP contribution in [0.15, 0.2) is 53.3 Å². The Morgan fingerprint density at radius 3 is 2.61 bits per heavy atom. The third kappa shape index (κ3) is 3.36. The third-order valence-electron chi connectivity index (χ3n) is 4.75. The molecule has 0 radical (unpaired) electrons. The van der Waals surface area contributed by atoms with Crippen molar-refractivity contribution in [1.82, 2.24) is 9.55 Å². The van der Waals surface area contributed by atoms with Gasteiger partial charge < -0.3 is 0 Å². The van der Waals surface area contributed by atoms with Gasteiger partial charge in [-0.3, -0.25) is 9.36 Å². The molecule has 0 bridgehead atoms. The minimum absolute atomic E-state index is 0.0968. The molecule has 3 nitrogen and oxygen atoms in total. The molecule has 0 unspecified atom stereocenters. The van der Waals surface area contributed by atoms with Crippen LogP contribution in [0.2, 0.25) is 5.02 Å². The molecule has 6 heteroatoms. The first-order valence-corrected chi connectivity index (χ1v) is 10.2. The highest BCUT2D eigenvalue weighted by molar-refractivity contribution is 7.19. The van der Waals surface area contributed by atoms with Gasteiger partial charge in [0, 0.05) is 21.9 Å². The number of nitrogens with zero attached hydrogens (tertiary/aromatic N) is 2. The fourth-order valence-electron chi connectivity index (χ4n) is 3.45. The van der Waals surface area contributed by atoms with E-state index in [1.807, 2.05) is 44.2 Å². The van der Waals surface area contributed by atoms with E-state index in [4.69, 9.17) is 16.6 Å². The highest BCUT2D eigenvalue weighted by Crippen LogP contribution is 2.36. The standard InChI is InChI=1S/C22H18ClFN2OS/c1-3-18-25-21-20(19(13(2)28-21)15-7-9-16(23)10-8-15)22(27)26(18)12-14-5-4-6-17(24)11-14/h4-11H,3,12H2,1-2H3. The van der Waals surface area contributed by atoms with Crippen molar-refractivity contribution in [3.63, 3.8) is 0 Å². The lowest BCUT2D eigenvalue weighted by Gasteiger charge is -2.12. The lowest BCUT2D eigenvalue weighted by atomic mass is 10.0. The van der Waals surface area contributed by atoms with Gasteiger partial charge in [0.05, 0.1) is 11.9 Å². The summed E-state index contributed by atoms with van der Waals surface area (Å²) in [5.41, 5.74) is 2.47. The summed E-state index contributed by atoms with van der Waals surface area (Å²) in [6.07, 6.45) is 0.619. The van der Waals surface area contributed by atoms with Gasteiger partial charge in [-0.05, 0) is 42.3 Å². The topological polar surface area (TPSA) is 34.9 Å². The maximum absolute atomic E-state index is 13.6. The molecule has 0 saturated carbocycles. The van der Waals surface area contributed by atoms with E-state index in [-0.39, 0.29) is 17.9 Å². The predicted octanol–water partition coefficient (Wildman–Crippen LogP) is 5.84. The van der Waals surface area contributed by atoms with Gasteiger partial charge in [0.25, 0.3) is 5.56 Å². The average Bonchev–Trinajstić information content (AvgIpc) is 3.01. The maximum atomic E-state index is 13.6. The number of benzene rings is 2. The van der Waals surface area contributed by atoms with Crippen LogP contribution in [-0.2, 0) is 13.0 Å². The summed E-state index contributed by atoms with van der Waals surface area (Å²) in [6, 6.07) is 13.8. The van der Waals surface area contributed by atoms with Crippen molar-refractivity contribution < 1.29 is 4.39 Å². The van der Waals surface area contributed by atoms with Crippen LogP contribution in [0.5, 0.6) is 0 Å². The first-order chi connectivity index (χ1) is 13.5. The van der Waals surface area contributed by atoms with Crippen molar-refractivity contribution in [3.05, 3.63) is 86.0 Å². The highest BCUT2D eigenvalue weighted by Gasteiger charge is 2.19. The number of hydrogen-bond donors (Lipinski definition) is 0. The molecule has 0 amide bonds. The zero-order valence-electron chi connectivity index (χ0n) is 15.5. The van der Waals surface area contributed by atoms with Crippen LogP contribution in [0.4, 0.5) is 4.39 Å². The molecule has 0 aliphatic heterocycles. The summed E-state index contributed by atoms with van der Waals surface area (Å²) >= 11 is 7.55. The Labute approximate surface area is 171 Å². The van der Waals surface area contributed by atoms with Crippen LogP contribution in [0, 0.1) is 12.7 Å². The minimum Gasteiger partial charge on any atom is -0.292 e. The molecule has 0 N–H and O–H groups in total. The largest absolute Gasteiger partial charge is 0.292 e. The van der Waals surface area contributed by atoms with Crippen LogP contribution in [0.3, 0.4) is 0 Å². The molecule has 0 saturated heterocycles. The molecule has 2 aromatic carbocycles. The Hall–Kier alpha value is -2.50. The van der Waals surface area contributed by atoms with Crippen molar-refractivity contribution in [3.8, 4) is 11.1 Å². The number of aryl methyl sites for hydroxylation is 2. The lowest BCUT2D eigenvalue weighted by Crippen LogP contribution is -2.25. The van der Waals surface area contributed by atoms with Gasteiger partial charge in [-0.2, -0.15) is 0 Å². The van der Waals surface area contributed by atoms with Crippen LogP contribution < -0.4 is 5.56 Å². The number of thiophene rings is 1. The Balaban J connectivity index is 1.95. The Kier molecular flexibility index (Phi) is 5.04. The molecule has 2 aromatic heterocycles. The van der Waals surface area contributed by atoms with Gasteiger partial charge in [0.15, 0.2) is 0 Å². The van der Waals surface area contributed by atoms with Crippen molar-refractivity contribution in [1.29, 1.82) is 0 Å². The molecule has 0 aliphatic carbocycles. The molecule has 0 aliphatic rings. The molecule has 0 fully saturated rings. The number of aromatic nitrogens is 2. The first kappa shape index (κ1) is 18.8. The number of hydrogen-bond acceptors (Lipinski definition) is 3. The minimum atomic E-state index is -0.314. The first-order valence-electron chi connectivity index (χ1n) is 9.01. The second-order valence-corrected chi connectivity index (χ2v) is 8.26. The van der Waals surface area contributed by atoms with Gasteiger partial charge in [0.2, 0.25) is 0 Å². The van der Waals surface area contributed by atoms with Crippen molar-refractivity contribution >= 4 is 33.2 Å². The summed E-state index contributed by atoms with van der Waals surface area (Å²) in [6.45, 7) is 4.26. The molecular formula is C22H18ClFN2OS. The second kappa shape index (κ2) is 7.49. The Bertz CT molecular complexity index is 1230. The van der Waals surface area contributed by atoms with Crippen molar-refractivity contribution in [2.45, 2.75) is 26.8 Å². The van der Waals surface area contributed by atoms with Crippen LogP contribution >= 0.6 is 22.9 Å². The third-order valence-corrected chi connectivity index (χ3v) is 6.00. The van der Waals surface area contributed by atoms with E-state index in [2.05, 4.69) is 0 Å². The van der Waals surface area contributed by atoms with Crippen LogP contribution in [-0.4, -0.2) is 9.55 Å². The van der Waals surface area contributed by atoms with E-state index in [9.17, 15) is 9.18 Å². The van der Waals surface area contributed by atoms with E-state index in [0.717, 1.165) is 26.4 Å². The molecule has 0 atom stereocenters. The lowest BCUT2D eigenvalue weighted by molar-refractivity contribution is 0.620. The number of fused-ring (bicyclic) bond motifs is 1. The molecule has 4 aromatic rings. The molecule has 2 heterocycles. The maximum Gasteiger partial charge on any atom is 0.263 e. The quantitative estimate of drug-likeness (QED) is 0.422. The van der Waals surface area contributed by atoms with Gasteiger partial charge in [-0.25, -0.2) is 9.37 Å². The predicted molar refractivity (Wildman–Crippen MR) is 114 cm³/mol. The normalized spacial score (nSPS) is 11.3. The van der Waals surface area contributed by atoms with Crippen molar-refractivity contribution in [2.24, 2.45) is 0 Å². The Morgan fingerprint density at radius 2 is 1.93 bits per heavy atom. The molecule has 0 spiro atoms. The van der Waals surface area contributed by atoms with E-state index in [1.54, 1.807) is 10.6 Å². The summed E-state index contributed by atoms with van der Waals surface area (Å²) < 4.78 is 15.3. The number of rotatable bonds is 4. The molecule has 142 valence electrons. The fourth-order valence-corrected chi connectivity index (χ4v) is 4.63. The summed E-state index contributed by atoms with van der Waals surface area (Å²) in [7, 11) is 0. The monoisotopic (exact) mass is 412 g/mol. The number of halogens is 2. The van der Waals surface area contributed by atoms with E-state index < -0.39 is 0 Å². The van der Waals surface area contributed by atoms with Gasteiger partial charge >= 0.3 is 0 Å². The van der Waals surface area contributed by atoms with Crippen LogP contribution in [0.1, 0.15) is 23.2 Å². The summed E-state index contributed by atoms with van der Waals surface area (Å²) in [4.78, 5) is 20.0. The van der Waals surface area contributed by atoms with Gasteiger partial charge in [-0.1, -0.05) is 42.8 Å². The zero-order chi connectivity index (χ0) is 19.8. The van der Waals surface area contributed by atoms with Gasteiger partial charge in [-0.15, -0.1) is 11.3 Å². The Morgan fingerprint density at radius 1 is 1.18 bits per heavy atom. The van der Waals surface area contributed by atoms with Crippen molar-refractivity contribution in [2.75, 3.05) is 0 Å². The smallest absolute Gasteiger partial charge is 0.263 e. The summed E-state index contributed by atoms with van der Waals surface area (Å²) in [5.74, 6) is 0.386.